The zero-order chi connectivity index (χ0) is 21.5. The summed E-state index contributed by atoms with van der Waals surface area (Å²) >= 11 is 0. The maximum Gasteiger partial charge on any atom is 0.258 e. The van der Waals surface area contributed by atoms with Crippen LogP contribution in [-0.4, -0.2) is 39.3 Å². The van der Waals surface area contributed by atoms with E-state index in [4.69, 9.17) is 9.63 Å². The molecule has 3 rings (SSSR count). The molecule has 0 saturated carbocycles. The smallest absolute Gasteiger partial charge is 0.258 e. The van der Waals surface area contributed by atoms with Gasteiger partial charge in [-0.2, -0.15) is 4.98 Å². The average Bonchev–Trinajstić information content (AvgIpc) is 3.20. The molecule has 0 radical (unpaired) electrons. The van der Waals surface area contributed by atoms with Crippen molar-refractivity contribution in [2.75, 3.05) is 13.2 Å². The van der Waals surface area contributed by atoms with Crippen molar-refractivity contribution in [2.45, 2.75) is 40.0 Å². The lowest BCUT2D eigenvalue weighted by molar-refractivity contribution is -0.121. The number of carbonyl (C=O) groups excluding carboxylic acids is 1. The molecule has 7 heteroatoms. The number of hydrogen-bond donors (Lipinski definition) is 2. The first-order valence-corrected chi connectivity index (χ1v) is 10.2. The molecule has 7 nitrogen and oxygen atoms in total. The Kier molecular flexibility index (Phi) is 7.30. The van der Waals surface area contributed by atoms with Gasteiger partial charge in [-0.25, -0.2) is 0 Å². The molecule has 2 aromatic heterocycles. The van der Waals surface area contributed by atoms with Crippen LogP contribution >= 0.6 is 0 Å². The molecule has 0 bridgehead atoms. The minimum Gasteiger partial charge on any atom is -0.395 e. The number of aryl methyl sites for hydroxylation is 2. The molecule has 0 aliphatic heterocycles. The number of nitrogens with one attached hydrogen (secondary N) is 1. The van der Waals surface area contributed by atoms with Gasteiger partial charge in [0.1, 0.15) is 0 Å². The van der Waals surface area contributed by atoms with Gasteiger partial charge in [-0.3, -0.25) is 9.78 Å². The fourth-order valence-electron chi connectivity index (χ4n) is 3.20. The van der Waals surface area contributed by atoms with E-state index in [1.807, 2.05) is 43.3 Å². The lowest BCUT2D eigenvalue weighted by Crippen LogP contribution is -2.26. The summed E-state index contributed by atoms with van der Waals surface area (Å²) in [6.45, 7) is 6.53. The molecule has 2 N–H and O–H groups in total. The zero-order valence-electron chi connectivity index (χ0n) is 17.7. The highest BCUT2D eigenvalue weighted by atomic mass is 16.5. The molecule has 0 fully saturated rings. The van der Waals surface area contributed by atoms with Gasteiger partial charge in [-0.1, -0.05) is 43.3 Å². The van der Waals surface area contributed by atoms with Crippen LogP contribution in [0.5, 0.6) is 0 Å². The Balaban J connectivity index is 1.69. The summed E-state index contributed by atoms with van der Waals surface area (Å²) in [6.07, 6.45) is 1.91. The lowest BCUT2D eigenvalue weighted by atomic mass is 10.1. The van der Waals surface area contributed by atoms with Crippen LogP contribution in [0.15, 0.2) is 40.9 Å². The van der Waals surface area contributed by atoms with E-state index in [0.717, 1.165) is 34.5 Å². The third-order valence-electron chi connectivity index (χ3n) is 4.58. The van der Waals surface area contributed by atoms with Crippen LogP contribution in [-0.2, 0) is 17.6 Å². The number of pyridine rings is 1. The van der Waals surface area contributed by atoms with E-state index >= 15 is 0 Å². The largest absolute Gasteiger partial charge is 0.395 e. The summed E-state index contributed by atoms with van der Waals surface area (Å²) in [7, 11) is 0. The molecule has 158 valence electrons. The standard InChI is InChI=1S/C23H28N4O3/c1-15(2)12-20-14-19(13-16(3)25-20)23-26-22(27-30-23)18-7-4-17(5-8-18)6-9-21(29)24-10-11-28/h4-5,7-8,13-15,28H,6,9-12H2,1-3H3,(H,24,29). The molecule has 1 aromatic carbocycles. The van der Waals surface area contributed by atoms with Gasteiger partial charge in [0.25, 0.3) is 5.89 Å². The summed E-state index contributed by atoms with van der Waals surface area (Å²) in [5.41, 5.74) is 4.72. The summed E-state index contributed by atoms with van der Waals surface area (Å²) in [6, 6.07) is 11.7. The van der Waals surface area contributed by atoms with Crippen molar-refractivity contribution in [3.8, 4) is 22.8 Å². The number of benzene rings is 1. The predicted molar refractivity (Wildman–Crippen MR) is 115 cm³/mol. The second-order valence-electron chi connectivity index (χ2n) is 7.78. The first kappa shape index (κ1) is 21.6. The van der Waals surface area contributed by atoms with E-state index < -0.39 is 0 Å². The van der Waals surface area contributed by atoms with Crippen molar-refractivity contribution in [1.29, 1.82) is 0 Å². The monoisotopic (exact) mass is 408 g/mol. The molecule has 2 heterocycles. The van der Waals surface area contributed by atoms with Crippen molar-refractivity contribution < 1.29 is 14.4 Å². The number of carbonyl (C=O) groups is 1. The predicted octanol–water partition coefficient (Wildman–Crippen LogP) is 3.35. The fourth-order valence-corrected chi connectivity index (χ4v) is 3.20. The Bertz CT molecular complexity index is 980. The molecular formula is C23H28N4O3. The summed E-state index contributed by atoms with van der Waals surface area (Å²) in [5, 5.41) is 15.5. The normalized spacial score (nSPS) is 11.1. The van der Waals surface area contributed by atoms with E-state index in [1.165, 1.54) is 0 Å². The van der Waals surface area contributed by atoms with E-state index in [9.17, 15) is 4.79 Å². The minimum absolute atomic E-state index is 0.0504. The number of nitrogens with zero attached hydrogens (tertiary/aromatic N) is 3. The second kappa shape index (κ2) is 10.1. The quantitative estimate of drug-likeness (QED) is 0.563. The zero-order valence-corrected chi connectivity index (χ0v) is 17.7. The molecule has 0 unspecified atom stereocenters. The topological polar surface area (TPSA) is 101 Å². The lowest BCUT2D eigenvalue weighted by Gasteiger charge is -2.06. The van der Waals surface area contributed by atoms with Gasteiger partial charge in [0.2, 0.25) is 11.7 Å². The van der Waals surface area contributed by atoms with Gasteiger partial charge >= 0.3 is 0 Å². The van der Waals surface area contributed by atoms with Gasteiger partial charge in [0.15, 0.2) is 0 Å². The molecular weight excluding hydrogens is 380 g/mol. The molecule has 0 atom stereocenters. The van der Waals surface area contributed by atoms with E-state index in [2.05, 4.69) is 34.3 Å². The third-order valence-corrected chi connectivity index (χ3v) is 4.58. The number of hydrogen-bond acceptors (Lipinski definition) is 6. The van der Waals surface area contributed by atoms with Gasteiger partial charge < -0.3 is 14.9 Å². The molecule has 0 saturated heterocycles. The number of aliphatic hydroxyl groups is 1. The molecule has 0 spiro atoms. The van der Waals surface area contributed by atoms with Crippen LogP contribution < -0.4 is 5.32 Å². The van der Waals surface area contributed by atoms with Gasteiger partial charge in [0, 0.05) is 35.5 Å². The third kappa shape index (κ3) is 5.97. The summed E-state index contributed by atoms with van der Waals surface area (Å²) in [5.74, 6) is 1.45. The van der Waals surface area contributed by atoms with E-state index in [-0.39, 0.29) is 19.1 Å². The van der Waals surface area contributed by atoms with Crippen molar-refractivity contribution in [1.82, 2.24) is 20.4 Å². The SMILES string of the molecule is Cc1cc(-c2nc(-c3ccc(CCC(=O)NCCO)cc3)no2)cc(CC(C)C)n1. The van der Waals surface area contributed by atoms with E-state index in [0.29, 0.717) is 30.5 Å². The first-order valence-electron chi connectivity index (χ1n) is 10.2. The van der Waals surface area contributed by atoms with Gasteiger partial charge in [-0.15, -0.1) is 0 Å². The van der Waals surface area contributed by atoms with Crippen LogP contribution in [0.25, 0.3) is 22.8 Å². The first-order chi connectivity index (χ1) is 14.4. The fraction of sp³-hybridized carbons (Fsp3) is 0.391. The van der Waals surface area contributed by atoms with Crippen LogP contribution in [0.4, 0.5) is 0 Å². The van der Waals surface area contributed by atoms with Crippen molar-refractivity contribution >= 4 is 5.91 Å². The summed E-state index contributed by atoms with van der Waals surface area (Å²) in [4.78, 5) is 20.8. The van der Waals surface area contributed by atoms with Crippen LogP contribution in [0.1, 0.15) is 37.2 Å². The summed E-state index contributed by atoms with van der Waals surface area (Å²) < 4.78 is 5.50. The van der Waals surface area contributed by atoms with Crippen molar-refractivity contribution in [3.63, 3.8) is 0 Å². The van der Waals surface area contributed by atoms with Crippen LogP contribution in [0.2, 0.25) is 0 Å². The average molecular weight is 409 g/mol. The minimum atomic E-state index is -0.0691. The number of aliphatic hydroxyl groups excluding tert-OH is 1. The van der Waals surface area contributed by atoms with Crippen molar-refractivity contribution in [2.24, 2.45) is 5.92 Å². The molecule has 1 amide bonds. The Hall–Kier alpha value is -3.06. The van der Waals surface area contributed by atoms with E-state index in [1.54, 1.807) is 0 Å². The van der Waals surface area contributed by atoms with Gasteiger partial charge in [0.05, 0.1) is 6.61 Å². The number of amides is 1. The maximum absolute atomic E-state index is 11.6. The number of aromatic nitrogens is 3. The Morgan fingerprint density at radius 1 is 1.13 bits per heavy atom. The Morgan fingerprint density at radius 3 is 2.60 bits per heavy atom. The highest BCUT2D eigenvalue weighted by Gasteiger charge is 2.13. The van der Waals surface area contributed by atoms with Crippen molar-refractivity contribution in [3.05, 3.63) is 53.3 Å². The van der Waals surface area contributed by atoms with Gasteiger partial charge in [-0.05, 0) is 43.4 Å². The highest BCUT2D eigenvalue weighted by molar-refractivity contribution is 5.76. The van der Waals surface area contributed by atoms with Crippen LogP contribution in [0, 0.1) is 12.8 Å². The maximum atomic E-state index is 11.6. The Morgan fingerprint density at radius 2 is 1.90 bits per heavy atom. The molecule has 3 aromatic rings. The molecule has 0 aliphatic rings. The van der Waals surface area contributed by atoms with Crippen LogP contribution in [0.3, 0.4) is 0 Å². The second-order valence-corrected chi connectivity index (χ2v) is 7.78. The Labute approximate surface area is 176 Å². The number of rotatable bonds is 9. The molecule has 0 aliphatic carbocycles. The highest BCUT2D eigenvalue weighted by Crippen LogP contribution is 2.24. The molecule has 30 heavy (non-hydrogen) atoms.